The van der Waals surface area contributed by atoms with E-state index in [1.165, 1.54) is 10.4 Å². The van der Waals surface area contributed by atoms with Crippen molar-refractivity contribution in [2.45, 2.75) is 64.5 Å². The monoisotopic (exact) mass is 484 g/mol. The quantitative estimate of drug-likeness (QED) is 0.513. The van der Waals surface area contributed by atoms with E-state index in [-0.39, 0.29) is 30.5 Å². The van der Waals surface area contributed by atoms with E-state index in [1.807, 2.05) is 24.0 Å². The fourth-order valence-electron chi connectivity index (χ4n) is 4.77. The molecular weight excluding hydrogens is 448 g/mol. The first-order valence-corrected chi connectivity index (χ1v) is 13.3. The van der Waals surface area contributed by atoms with E-state index >= 15 is 0 Å². The lowest BCUT2D eigenvalue weighted by Gasteiger charge is -2.37. The minimum atomic E-state index is -0.159. The zero-order valence-corrected chi connectivity index (χ0v) is 21.3. The molecule has 2 amide bonds. The van der Waals surface area contributed by atoms with E-state index in [0.29, 0.717) is 32.0 Å². The Bertz CT molecular complexity index is 965. The highest BCUT2D eigenvalue weighted by Crippen LogP contribution is 2.34. The van der Waals surface area contributed by atoms with E-state index in [1.54, 1.807) is 16.2 Å². The topological polar surface area (TPSA) is 59.1 Å². The van der Waals surface area contributed by atoms with E-state index in [2.05, 4.69) is 37.4 Å². The minimum Gasteiger partial charge on any atom is -0.491 e. The summed E-state index contributed by atoms with van der Waals surface area (Å²) in [6.07, 6.45) is 3.20. The number of rotatable bonds is 9. The van der Waals surface area contributed by atoms with E-state index in [9.17, 15) is 9.59 Å². The number of carbonyl (C=O) groups excluding carboxylic acids is 2. The van der Waals surface area contributed by atoms with Crippen molar-refractivity contribution >= 4 is 23.2 Å². The van der Waals surface area contributed by atoms with Crippen LogP contribution in [-0.4, -0.2) is 60.6 Å². The molecule has 0 radical (unpaired) electrons. The van der Waals surface area contributed by atoms with Gasteiger partial charge in [0.25, 0.3) is 0 Å². The van der Waals surface area contributed by atoms with Crippen LogP contribution in [0, 0.1) is 0 Å². The molecule has 0 N–H and O–H groups in total. The summed E-state index contributed by atoms with van der Waals surface area (Å²) in [5.74, 6) is 1.24. The number of amides is 2. The molecule has 2 aromatic rings. The Labute approximate surface area is 206 Å². The Morgan fingerprint density at radius 1 is 1.24 bits per heavy atom. The summed E-state index contributed by atoms with van der Waals surface area (Å²) in [6.45, 7) is 8.53. The third-order valence-electron chi connectivity index (χ3n) is 6.80. The number of nitrogens with zero attached hydrogens (tertiary/aromatic N) is 2. The SMILES string of the molecule is CCC(=O)N(CC(=O)N1CCc2sccc2[C@@H]1COc1ccc(C(C)C)cc1)C[C@H]1CCCO1. The van der Waals surface area contributed by atoms with Crippen LogP contribution in [0.1, 0.15) is 68.0 Å². The molecule has 0 aliphatic carbocycles. The van der Waals surface area contributed by atoms with Gasteiger partial charge in [0.05, 0.1) is 18.7 Å². The summed E-state index contributed by atoms with van der Waals surface area (Å²) < 4.78 is 11.9. The van der Waals surface area contributed by atoms with Crippen LogP contribution in [0.5, 0.6) is 5.75 Å². The maximum atomic E-state index is 13.5. The summed E-state index contributed by atoms with van der Waals surface area (Å²) in [7, 11) is 0. The van der Waals surface area contributed by atoms with Gasteiger partial charge in [-0.05, 0) is 59.9 Å². The van der Waals surface area contributed by atoms with Crippen molar-refractivity contribution in [3.05, 3.63) is 51.7 Å². The number of thiophene rings is 1. The van der Waals surface area contributed by atoms with Crippen molar-refractivity contribution in [2.24, 2.45) is 0 Å². The molecule has 1 aromatic heterocycles. The lowest BCUT2D eigenvalue weighted by molar-refractivity contribution is -0.143. The van der Waals surface area contributed by atoms with Gasteiger partial charge in [-0.25, -0.2) is 0 Å². The minimum absolute atomic E-state index is 0.00451. The average molecular weight is 485 g/mol. The largest absolute Gasteiger partial charge is 0.491 e. The van der Waals surface area contributed by atoms with Gasteiger partial charge in [-0.15, -0.1) is 11.3 Å². The summed E-state index contributed by atoms with van der Waals surface area (Å²) in [4.78, 5) is 31.0. The Hall–Kier alpha value is -2.38. The first kappa shape index (κ1) is 24.7. The highest BCUT2D eigenvalue weighted by molar-refractivity contribution is 7.10. The van der Waals surface area contributed by atoms with Crippen LogP contribution in [0.15, 0.2) is 35.7 Å². The molecule has 6 nitrogen and oxygen atoms in total. The van der Waals surface area contributed by atoms with Gasteiger partial charge in [0.15, 0.2) is 0 Å². The van der Waals surface area contributed by atoms with Gasteiger partial charge in [0.2, 0.25) is 11.8 Å². The van der Waals surface area contributed by atoms with E-state index in [0.717, 1.165) is 37.2 Å². The molecule has 0 spiro atoms. The molecule has 34 heavy (non-hydrogen) atoms. The van der Waals surface area contributed by atoms with Crippen molar-refractivity contribution in [3.63, 3.8) is 0 Å². The van der Waals surface area contributed by atoms with Gasteiger partial charge in [0, 0.05) is 31.0 Å². The number of hydrogen-bond acceptors (Lipinski definition) is 5. The second kappa shape index (κ2) is 11.4. The summed E-state index contributed by atoms with van der Waals surface area (Å²) >= 11 is 1.74. The molecule has 1 aromatic carbocycles. The highest BCUT2D eigenvalue weighted by atomic mass is 32.1. The van der Waals surface area contributed by atoms with Crippen molar-refractivity contribution in [2.75, 3.05) is 32.8 Å². The lowest BCUT2D eigenvalue weighted by Crippen LogP contribution is -2.49. The third-order valence-corrected chi connectivity index (χ3v) is 7.80. The molecule has 7 heteroatoms. The Morgan fingerprint density at radius 3 is 2.71 bits per heavy atom. The molecule has 0 saturated carbocycles. The molecular formula is C27H36N2O4S. The number of fused-ring (bicyclic) bond motifs is 1. The highest BCUT2D eigenvalue weighted by Gasteiger charge is 2.34. The second-order valence-electron chi connectivity index (χ2n) is 9.45. The Balaban J connectivity index is 1.46. The van der Waals surface area contributed by atoms with E-state index < -0.39 is 0 Å². The van der Waals surface area contributed by atoms with Crippen LogP contribution in [0.25, 0.3) is 0 Å². The molecule has 0 unspecified atom stereocenters. The van der Waals surface area contributed by atoms with Gasteiger partial charge in [-0.2, -0.15) is 0 Å². The summed E-state index contributed by atoms with van der Waals surface area (Å²) in [6, 6.07) is 10.1. The number of ether oxygens (including phenoxy) is 2. The molecule has 0 bridgehead atoms. The zero-order chi connectivity index (χ0) is 24.1. The normalized spacial score (nSPS) is 19.8. The van der Waals surface area contributed by atoms with Crippen LogP contribution >= 0.6 is 11.3 Å². The zero-order valence-electron chi connectivity index (χ0n) is 20.5. The Kier molecular flexibility index (Phi) is 8.27. The molecule has 2 atom stereocenters. The lowest BCUT2D eigenvalue weighted by atomic mass is 10.00. The molecule has 2 aliphatic rings. The molecule has 4 rings (SSSR count). The second-order valence-corrected chi connectivity index (χ2v) is 10.5. The smallest absolute Gasteiger partial charge is 0.242 e. The number of carbonyl (C=O) groups is 2. The molecule has 184 valence electrons. The molecule has 2 aliphatic heterocycles. The van der Waals surface area contributed by atoms with Gasteiger partial charge < -0.3 is 19.3 Å². The molecule has 1 saturated heterocycles. The van der Waals surface area contributed by atoms with Crippen LogP contribution < -0.4 is 4.74 Å². The molecule has 3 heterocycles. The van der Waals surface area contributed by atoms with Gasteiger partial charge in [-0.1, -0.05) is 32.9 Å². The first-order valence-electron chi connectivity index (χ1n) is 12.4. The number of hydrogen-bond donors (Lipinski definition) is 0. The van der Waals surface area contributed by atoms with Crippen LogP contribution in [0.4, 0.5) is 0 Å². The van der Waals surface area contributed by atoms with Gasteiger partial charge >= 0.3 is 0 Å². The average Bonchev–Trinajstić information content (AvgIpc) is 3.53. The standard InChI is InChI=1S/C27H36N2O4S/c1-4-26(30)28(16-22-6-5-14-32-22)17-27(31)29-13-11-25-23(12-15-34-25)24(29)18-33-21-9-7-20(8-10-21)19(2)3/h7-10,12,15,19,22,24H,4-6,11,13-14,16-18H2,1-3H3/t22-,24+/m1/s1. The molecule has 1 fully saturated rings. The van der Waals surface area contributed by atoms with Crippen molar-refractivity contribution in [3.8, 4) is 5.75 Å². The summed E-state index contributed by atoms with van der Waals surface area (Å²) in [5.41, 5.74) is 2.43. The van der Waals surface area contributed by atoms with Crippen molar-refractivity contribution in [1.29, 1.82) is 0 Å². The van der Waals surface area contributed by atoms with Crippen LogP contribution in [0.2, 0.25) is 0 Å². The van der Waals surface area contributed by atoms with Crippen molar-refractivity contribution < 1.29 is 19.1 Å². The Morgan fingerprint density at radius 2 is 2.03 bits per heavy atom. The first-order chi connectivity index (χ1) is 16.5. The van der Waals surface area contributed by atoms with Crippen molar-refractivity contribution in [1.82, 2.24) is 9.80 Å². The number of benzene rings is 1. The van der Waals surface area contributed by atoms with Crippen LogP contribution in [0.3, 0.4) is 0 Å². The van der Waals surface area contributed by atoms with Gasteiger partial charge in [-0.3, -0.25) is 9.59 Å². The predicted octanol–water partition coefficient (Wildman–Crippen LogP) is 4.79. The maximum Gasteiger partial charge on any atom is 0.242 e. The fourth-order valence-corrected chi connectivity index (χ4v) is 5.69. The van der Waals surface area contributed by atoms with Crippen LogP contribution in [-0.2, 0) is 20.7 Å². The predicted molar refractivity (Wildman–Crippen MR) is 134 cm³/mol. The maximum absolute atomic E-state index is 13.5. The van der Waals surface area contributed by atoms with E-state index in [4.69, 9.17) is 9.47 Å². The third kappa shape index (κ3) is 5.81. The fraction of sp³-hybridized carbons (Fsp3) is 0.556. The summed E-state index contributed by atoms with van der Waals surface area (Å²) in [5, 5.41) is 2.09. The van der Waals surface area contributed by atoms with Gasteiger partial charge in [0.1, 0.15) is 12.4 Å².